The van der Waals surface area contributed by atoms with Gasteiger partial charge in [0.25, 0.3) is 5.91 Å². The molecule has 1 amide bonds. The van der Waals surface area contributed by atoms with E-state index in [1.807, 2.05) is 41.3 Å². The molecule has 0 N–H and O–H groups in total. The Hall–Kier alpha value is -2.27. The van der Waals surface area contributed by atoms with E-state index >= 15 is 0 Å². The van der Waals surface area contributed by atoms with Gasteiger partial charge in [0, 0.05) is 25.7 Å². The lowest BCUT2D eigenvalue weighted by Gasteiger charge is -2.43. The predicted octanol–water partition coefficient (Wildman–Crippen LogP) is 3.17. The van der Waals surface area contributed by atoms with Crippen LogP contribution >= 0.6 is 0 Å². The molecule has 5 heteroatoms. The van der Waals surface area contributed by atoms with Gasteiger partial charge >= 0.3 is 0 Å². The van der Waals surface area contributed by atoms with E-state index in [9.17, 15) is 4.79 Å². The Morgan fingerprint density at radius 3 is 2.84 bits per heavy atom. The highest BCUT2D eigenvalue weighted by atomic mass is 16.5. The normalized spacial score (nSPS) is 21.0. The fourth-order valence-corrected chi connectivity index (χ4v) is 3.74. The lowest BCUT2D eigenvalue weighted by molar-refractivity contribution is 0.0348. The minimum atomic E-state index is -0.00353. The van der Waals surface area contributed by atoms with Gasteiger partial charge in [-0.25, -0.2) is 0 Å². The van der Waals surface area contributed by atoms with E-state index in [-0.39, 0.29) is 5.91 Å². The molecule has 2 aromatic rings. The number of piperazine rings is 1. The molecule has 2 aliphatic heterocycles. The zero-order chi connectivity index (χ0) is 17.1. The Morgan fingerprint density at radius 1 is 1.08 bits per heavy atom. The van der Waals surface area contributed by atoms with E-state index < -0.39 is 0 Å². The van der Waals surface area contributed by atoms with Crippen molar-refractivity contribution in [3.05, 3.63) is 54.0 Å². The predicted molar refractivity (Wildman–Crippen MR) is 94.6 cm³/mol. The van der Waals surface area contributed by atoms with Crippen LogP contribution in [0.1, 0.15) is 35.6 Å². The number of ether oxygens (including phenoxy) is 1. The third-order valence-corrected chi connectivity index (χ3v) is 5.12. The van der Waals surface area contributed by atoms with Crippen molar-refractivity contribution in [1.29, 1.82) is 0 Å². The molecule has 1 atom stereocenters. The molecular formula is C20H24N2O3. The van der Waals surface area contributed by atoms with Crippen molar-refractivity contribution < 1.29 is 13.9 Å². The number of carbonyl (C=O) groups is 1. The van der Waals surface area contributed by atoms with Crippen LogP contribution in [0.3, 0.4) is 0 Å². The van der Waals surface area contributed by atoms with Crippen molar-refractivity contribution in [3.63, 3.8) is 0 Å². The highest BCUT2D eigenvalue weighted by Crippen LogP contribution is 2.23. The third-order valence-electron chi connectivity index (χ3n) is 5.12. The topological polar surface area (TPSA) is 45.9 Å². The number of benzene rings is 1. The molecule has 0 unspecified atom stereocenters. The molecule has 2 saturated heterocycles. The lowest BCUT2D eigenvalue weighted by Crippen LogP contribution is -2.56. The van der Waals surface area contributed by atoms with Gasteiger partial charge in [-0.3, -0.25) is 9.69 Å². The number of para-hydroxylation sites is 1. The molecule has 2 aliphatic rings. The van der Waals surface area contributed by atoms with Crippen molar-refractivity contribution in [2.75, 3.05) is 26.2 Å². The van der Waals surface area contributed by atoms with Gasteiger partial charge in [0.1, 0.15) is 18.1 Å². The van der Waals surface area contributed by atoms with E-state index in [1.165, 1.54) is 25.8 Å². The Kier molecular flexibility index (Phi) is 4.74. The summed E-state index contributed by atoms with van der Waals surface area (Å²) in [6, 6.07) is 13.7. The molecule has 1 aromatic carbocycles. The van der Waals surface area contributed by atoms with Crippen LogP contribution in [0.5, 0.6) is 5.75 Å². The van der Waals surface area contributed by atoms with Crippen molar-refractivity contribution in [2.24, 2.45) is 0 Å². The second-order valence-electron chi connectivity index (χ2n) is 6.80. The number of fused-ring (bicyclic) bond motifs is 1. The van der Waals surface area contributed by atoms with Crippen LogP contribution in [-0.2, 0) is 6.61 Å². The second-order valence-corrected chi connectivity index (χ2v) is 6.80. The number of rotatable bonds is 4. The fourth-order valence-electron chi connectivity index (χ4n) is 3.74. The summed E-state index contributed by atoms with van der Waals surface area (Å²) in [6.45, 7) is 4.07. The summed E-state index contributed by atoms with van der Waals surface area (Å²) in [5.74, 6) is 1.87. The minimum Gasteiger partial charge on any atom is -0.486 e. The molecule has 2 fully saturated rings. The largest absolute Gasteiger partial charge is 0.486 e. The summed E-state index contributed by atoms with van der Waals surface area (Å²) in [6.07, 6.45) is 3.75. The quantitative estimate of drug-likeness (QED) is 0.858. The van der Waals surface area contributed by atoms with Crippen LogP contribution in [0, 0.1) is 0 Å². The van der Waals surface area contributed by atoms with E-state index in [2.05, 4.69) is 4.90 Å². The van der Waals surface area contributed by atoms with Gasteiger partial charge in [0.05, 0.1) is 0 Å². The van der Waals surface area contributed by atoms with E-state index in [0.29, 0.717) is 24.2 Å². The highest BCUT2D eigenvalue weighted by Gasteiger charge is 2.32. The van der Waals surface area contributed by atoms with E-state index in [1.54, 1.807) is 6.07 Å². The number of piperidine rings is 1. The molecule has 0 bridgehead atoms. The number of nitrogens with zero attached hydrogens (tertiary/aromatic N) is 2. The maximum Gasteiger partial charge on any atom is 0.289 e. The highest BCUT2D eigenvalue weighted by molar-refractivity contribution is 5.91. The number of carbonyl (C=O) groups excluding carboxylic acids is 1. The second kappa shape index (κ2) is 7.31. The summed E-state index contributed by atoms with van der Waals surface area (Å²) in [4.78, 5) is 17.2. The zero-order valence-corrected chi connectivity index (χ0v) is 14.4. The van der Waals surface area contributed by atoms with Gasteiger partial charge in [-0.15, -0.1) is 0 Å². The first-order valence-electron chi connectivity index (χ1n) is 9.09. The Labute approximate surface area is 148 Å². The smallest absolute Gasteiger partial charge is 0.289 e. The molecule has 4 rings (SSSR count). The first kappa shape index (κ1) is 16.2. The van der Waals surface area contributed by atoms with E-state index in [0.717, 1.165) is 25.4 Å². The minimum absolute atomic E-state index is 0.00353. The molecule has 132 valence electrons. The molecule has 25 heavy (non-hydrogen) atoms. The standard InChI is InChI=1S/C20H24N2O3/c23-20(22-13-12-21-11-5-4-6-16(21)14-22)19-10-9-18(25-19)15-24-17-7-2-1-3-8-17/h1-3,7-10,16H,4-6,11-15H2/t16-/m1/s1. The van der Waals surface area contributed by atoms with Gasteiger partial charge < -0.3 is 14.1 Å². The third kappa shape index (κ3) is 3.71. The van der Waals surface area contributed by atoms with Gasteiger partial charge in [0.15, 0.2) is 5.76 Å². The Balaban J connectivity index is 1.35. The van der Waals surface area contributed by atoms with Crippen LogP contribution in [0.25, 0.3) is 0 Å². The Morgan fingerprint density at radius 2 is 1.96 bits per heavy atom. The van der Waals surface area contributed by atoms with E-state index in [4.69, 9.17) is 9.15 Å². The number of hydrogen-bond donors (Lipinski definition) is 0. The summed E-state index contributed by atoms with van der Waals surface area (Å²) in [7, 11) is 0. The first-order valence-corrected chi connectivity index (χ1v) is 9.09. The first-order chi connectivity index (χ1) is 12.3. The molecule has 0 spiro atoms. The molecule has 3 heterocycles. The monoisotopic (exact) mass is 340 g/mol. The SMILES string of the molecule is O=C(c1ccc(COc2ccccc2)o1)N1CCN2CCCC[C@@H]2C1. The summed E-state index contributed by atoms with van der Waals surface area (Å²) >= 11 is 0. The fraction of sp³-hybridized carbons (Fsp3) is 0.450. The van der Waals surface area contributed by atoms with Crippen molar-refractivity contribution >= 4 is 5.91 Å². The lowest BCUT2D eigenvalue weighted by atomic mass is 9.99. The molecule has 5 nitrogen and oxygen atoms in total. The molecule has 0 saturated carbocycles. The molecule has 0 radical (unpaired) electrons. The molecule has 0 aliphatic carbocycles. The Bertz CT molecular complexity index is 713. The number of amides is 1. The van der Waals surface area contributed by atoms with Gasteiger partial charge in [-0.1, -0.05) is 24.6 Å². The zero-order valence-electron chi connectivity index (χ0n) is 14.4. The van der Waals surface area contributed by atoms with Gasteiger partial charge in [0.2, 0.25) is 0 Å². The van der Waals surface area contributed by atoms with Crippen LogP contribution in [0.4, 0.5) is 0 Å². The maximum atomic E-state index is 12.7. The number of hydrogen-bond acceptors (Lipinski definition) is 4. The van der Waals surface area contributed by atoms with Gasteiger partial charge in [-0.05, 0) is 43.7 Å². The molecule has 1 aromatic heterocycles. The summed E-state index contributed by atoms with van der Waals surface area (Å²) in [5.41, 5.74) is 0. The van der Waals surface area contributed by atoms with Gasteiger partial charge in [-0.2, -0.15) is 0 Å². The average molecular weight is 340 g/mol. The van der Waals surface area contributed by atoms with Crippen LogP contribution in [0.15, 0.2) is 46.9 Å². The van der Waals surface area contributed by atoms with Crippen molar-refractivity contribution in [2.45, 2.75) is 31.9 Å². The summed E-state index contributed by atoms with van der Waals surface area (Å²) in [5, 5.41) is 0. The maximum absolute atomic E-state index is 12.7. The number of furan rings is 1. The average Bonchev–Trinajstić information content (AvgIpc) is 3.15. The van der Waals surface area contributed by atoms with Crippen LogP contribution < -0.4 is 4.74 Å². The molecular weight excluding hydrogens is 316 g/mol. The van der Waals surface area contributed by atoms with Crippen LogP contribution in [0.2, 0.25) is 0 Å². The van der Waals surface area contributed by atoms with Crippen molar-refractivity contribution in [1.82, 2.24) is 9.80 Å². The summed E-state index contributed by atoms with van der Waals surface area (Å²) < 4.78 is 11.4. The van der Waals surface area contributed by atoms with Crippen molar-refractivity contribution in [3.8, 4) is 5.75 Å². The van der Waals surface area contributed by atoms with Crippen LogP contribution in [-0.4, -0.2) is 47.9 Å².